The lowest BCUT2D eigenvalue weighted by Gasteiger charge is -2.08. The van der Waals surface area contributed by atoms with Crippen LogP contribution in [-0.4, -0.2) is 72.8 Å². The van der Waals surface area contributed by atoms with Gasteiger partial charge in [-0.25, -0.2) is 24.7 Å². The molecule has 0 aliphatic rings. The van der Waals surface area contributed by atoms with Crippen LogP contribution in [0, 0.1) is 0 Å². The van der Waals surface area contributed by atoms with Crippen molar-refractivity contribution in [1.29, 1.82) is 0 Å². The number of rotatable bonds is 9. The summed E-state index contributed by atoms with van der Waals surface area (Å²) in [6.07, 6.45) is -6.07. The van der Waals surface area contributed by atoms with Crippen molar-refractivity contribution < 1.29 is 60.1 Å². The highest BCUT2D eigenvalue weighted by atomic mass is 19.4. The lowest BCUT2D eigenvalue weighted by atomic mass is 10.2. The van der Waals surface area contributed by atoms with E-state index in [2.05, 4.69) is 45.9 Å². The Bertz CT molecular complexity index is 3070. The fourth-order valence-corrected chi connectivity index (χ4v) is 5.66. The molecule has 3 amide bonds. The number of nitrogens with two attached hydrogens (primary N) is 1. The van der Waals surface area contributed by atoms with E-state index in [1.807, 2.05) is 0 Å². The highest BCUT2D eigenvalue weighted by Crippen LogP contribution is 2.32. The number of hydrogen-bond donors (Lipinski definition) is 7. The summed E-state index contributed by atoms with van der Waals surface area (Å²) in [5.41, 5.74) is 6.11. The first-order valence-electron chi connectivity index (χ1n) is 19.2. The molecule has 67 heavy (non-hydrogen) atoms. The van der Waals surface area contributed by atoms with Crippen molar-refractivity contribution in [2.24, 2.45) is 0 Å². The Labute approximate surface area is 373 Å². The number of aromatic amines is 2. The van der Waals surface area contributed by atoms with Gasteiger partial charge in [-0.1, -0.05) is 12.1 Å². The molecule has 344 valence electrons. The van der Waals surface area contributed by atoms with Crippen LogP contribution in [0.4, 0.5) is 37.7 Å². The average molecular weight is 929 g/mol. The second-order valence-corrected chi connectivity index (χ2v) is 13.6. The number of aromatic nitrogens is 6. The van der Waals surface area contributed by atoms with Gasteiger partial charge in [-0.15, -0.1) is 0 Å². The molecule has 0 bridgehead atoms. The van der Waals surface area contributed by atoms with Crippen molar-refractivity contribution in [1.82, 2.24) is 40.5 Å². The monoisotopic (exact) mass is 928 g/mol. The second kappa shape index (κ2) is 20.2. The van der Waals surface area contributed by atoms with E-state index < -0.39 is 35.4 Å². The number of nitrogen functional groups attached to an aromatic ring is 1. The van der Waals surface area contributed by atoms with Crippen LogP contribution in [0.2, 0.25) is 0 Å². The van der Waals surface area contributed by atoms with Crippen LogP contribution in [0.15, 0.2) is 122 Å². The molecular formula is C44H34F6N10O7. The van der Waals surface area contributed by atoms with Crippen LogP contribution >= 0.6 is 0 Å². The lowest BCUT2D eigenvalue weighted by molar-refractivity contribution is -0.138. The Balaban J connectivity index is 0.000000183. The summed E-state index contributed by atoms with van der Waals surface area (Å²) in [7, 11) is 3.06. The second-order valence-electron chi connectivity index (χ2n) is 13.6. The number of nitrogens with zero attached hydrogens (tertiary/aromatic N) is 4. The first kappa shape index (κ1) is 47.5. The van der Waals surface area contributed by atoms with Crippen LogP contribution in [0.25, 0.3) is 22.1 Å². The highest BCUT2D eigenvalue weighted by molar-refractivity contribution is 6.03. The van der Waals surface area contributed by atoms with Gasteiger partial charge in [-0.3, -0.25) is 14.4 Å². The van der Waals surface area contributed by atoms with Crippen LogP contribution in [0.1, 0.15) is 53.3 Å². The number of carbonyl (C=O) groups excluding carboxylic acids is 3. The number of ether oxygens (including phenoxy) is 2. The number of carbonyl (C=O) groups is 4. The zero-order chi connectivity index (χ0) is 48.5. The number of alkyl halides is 6. The van der Waals surface area contributed by atoms with Crippen molar-refractivity contribution in [2.45, 2.75) is 12.4 Å². The van der Waals surface area contributed by atoms with E-state index >= 15 is 0 Å². The van der Waals surface area contributed by atoms with E-state index in [0.717, 1.165) is 30.3 Å². The predicted molar refractivity (Wildman–Crippen MR) is 230 cm³/mol. The molecule has 0 radical (unpaired) electrons. The topological polar surface area (TPSA) is 252 Å². The molecule has 0 aliphatic heterocycles. The number of amides is 3. The van der Waals surface area contributed by atoms with Gasteiger partial charge >= 0.3 is 18.3 Å². The van der Waals surface area contributed by atoms with E-state index in [1.54, 1.807) is 73.8 Å². The van der Waals surface area contributed by atoms with Gasteiger partial charge in [0.2, 0.25) is 5.82 Å². The SMILES string of the molecule is CNC(=O)c1ccc(Oc2cccc(N)c2)cn1.CNC(=O)c1ccc(Oc2cccc(NC(=O)c3nc4ccc(C(F)(F)F)cc4[nH]3)c2)cn1.O=C(O)c1nc2ccc(C(F)(F)F)cc2[nH]1. The summed E-state index contributed by atoms with van der Waals surface area (Å²) in [5, 5.41) is 16.2. The van der Waals surface area contributed by atoms with Gasteiger partial charge in [0.05, 0.1) is 45.6 Å². The van der Waals surface area contributed by atoms with Gasteiger partial charge in [0.1, 0.15) is 34.4 Å². The van der Waals surface area contributed by atoms with Gasteiger partial charge < -0.3 is 46.2 Å². The smallest absolute Gasteiger partial charge is 0.416 e. The number of fused-ring (bicyclic) bond motifs is 2. The molecule has 0 fully saturated rings. The number of halogens is 6. The fraction of sp³-hybridized carbons (Fsp3) is 0.0909. The van der Waals surface area contributed by atoms with Crippen LogP contribution in [0.5, 0.6) is 23.0 Å². The molecule has 0 unspecified atom stereocenters. The van der Waals surface area contributed by atoms with Crippen LogP contribution in [0.3, 0.4) is 0 Å². The van der Waals surface area contributed by atoms with Gasteiger partial charge in [0.25, 0.3) is 17.7 Å². The Kier molecular flexibility index (Phi) is 14.3. The molecular weight excluding hydrogens is 895 g/mol. The van der Waals surface area contributed by atoms with Gasteiger partial charge in [-0.05, 0) is 84.9 Å². The summed E-state index contributed by atoms with van der Waals surface area (Å²) in [4.78, 5) is 66.5. The molecule has 0 saturated carbocycles. The molecule has 17 nitrogen and oxygen atoms in total. The summed E-state index contributed by atoms with van der Waals surface area (Å²) >= 11 is 0. The van der Waals surface area contributed by atoms with Crippen molar-refractivity contribution in [3.63, 3.8) is 0 Å². The number of aromatic carboxylic acids is 1. The van der Waals surface area contributed by atoms with E-state index in [4.69, 9.17) is 20.3 Å². The minimum atomic E-state index is -4.50. The molecule has 0 saturated heterocycles. The summed E-state index contributed by atoms with van der Waals surface area (Å²) in [6, 6.07) is 25.7. The standard InChI is InChI=1S/C22H16F3N5O3.C13H13N3O2.C9H5F3N2O2/c1-26-20(31)17-8-6-15(11-27-17)33-14-4-2-3-13(10-14)28-21(32)19-29-16-7-5-12(22(23,24)25)9-18(16)30-19;1-15-13(17)12-6-5-11(8-16-12)18-10-4-2-3-9(14)7-10;10-9(11,12)4-1-2-5-6(3-4)14-7(13-5)8(15)16/h2-11H,1H3,(H,26,31)(H,28,32)(H,29,30);2-8H,14H2,1H3,(H,15,17);1-3H,(H,13,14)(H,15,16). The number of benzene rings is 4. The molecule has 4 aromatic carbocycles. The summed E-state index contributed by atoms with van der Waals surface area (Å²) < 4.78 is 86.9. The molecule has 23 heteroatoms. The van der Waals surface area contributed by atoms with Crippen molar-refractivity contribution >= 4 is 57.1 Å². The maximum atomic E-state index is 12.9. The fourth-order valence-electron chi connectivity index (χ4n) is 5.66. The van der Waals surface area contributed by atoms with E-state index in [0.29, 0.717) is 40.1 Å². The lowest BCUT2D eigenvalue weighted by Crippen LogP contribution is -2.18. The molecule has 8 N–H and O–H groups in total. The van der Waals surface area contributed by atoms with Crippen molar-refractivity contribution in [3.05, 3.63) is 156 Å². The molecule has 8 aromatic rings. The van der Waals surface area contributed by atoms with E-state index in [-0.39, 0.29) is 51.2 Å². The van der Waals surface area contributed by atoms with Crippen LogP contribution in [-0.2, 0) is 12.4 Å². The van der Waals surface area contributed by atoms with Crippen LogP contribution < -0.4 is 31.2 Å². The minimum Gasteiger partial charge on any atom is -0.475 e. The molecule has 4 heterocycles. The Morgan fingerprint density at radius 1 is 0.582 bits per heavy atom. The highest BCUT2D eigenvalue weighted by Gasteiger charge is 2.32. The molecule has 0 atom stereocenters. The zero-order valence-corrected chi connectivity index (χ0v) is 34.6. The normalized spacial score (nSPS) is 11.0. The molecule has 8 rings (SSSR count). The van der Waals surface area contributed by atoms with Gasteiger partial charge in [-0.2, -0.15) is 26.3 Å². The number of carboxylic acids is 1. The number of anilines is 2. The number of pyridine rings is 2. The van der Waals surface area contributed by atoms with Crippen molar-refractivity contribution in [3.8, 4) is 23.0 Å². The number of hydrogen-bond acceptors (Lipinski definition) is 11. The Morgan fingerprint density at radius 3 is 1.51 bits per heavy atom. The Hall–Kier alpha value is -9.02. The van der Waals surface area contributed by atoms with Crippen molar-refractivity contribution in [2.75, 3.05) is 25.1 Å². The third-order valence-electron chi connectivity index (χ3n) is 8.85. The molecule has 0 spiro atoms. The zero-order valence-electron chi connectivity index (χ0n) is 34.6. The quantitative estimate of drug-likeness (QED) is 0.0532. The Morgan fingerprint density at radius 2 is 1.06 bits per heavy atom. The summed E-state index contributed by atoms with van der Waals surface area (Å²) in [6.45, 7) is 0. The number of imidazole rings is 2. The van der Waals surface area contributed by atoms with Gasteiger partial charge in [0, 0.05) is 37.6 Å². The first-order chi connectivity index (χ1) is 31.8. The number of nitrogens with one attached hydrogen (secondary N) is 5. The number of H-pyrrole nitrogens is 2. The first-order valence-corrected chi connectivity index (χ1v) is 19.2. The van der Waals surface area contributed by atoms with E-state index in [9.17, 15) is 45.5 Å². The van der Waals surface area contributed by atoms with E-state index in [1.165, 1.54) is 31.6 Å². The maximum Gasteiger partial charge on any atom is 0.416 e. The third kappa shape index (κ3) is 12.6. The average Bonchev–Trinajstić information content (AvgIpc) is 3.94. The van der Waals surface area contributed by atoms with Gasteiger partial charge in [0.15, 0.2) is 5.82 Å². The largest absolute Gasteiger partial charge is 0.475 e. The summed E-state index contributed by atoms with van der Waals surface area (Å²) in [5.74, 6) is -1.07. The minimum absolute atomic E-state index is 0.0484. The maximum absolute atomic E-state index is 12.9. The predicted octanol–water partition coefficient (Wildman–Crippen LogP) is 8.48. The molecule has 0 aliphatic carbocycles. The number of carboxylic acid groups (broad SMARTS) is 1. The molecule has 4 aromatic heterocycles. The third-order valence-corrected chi connectivity index (χ3v) is 8.85.